The van der Waals surface area contributed by atoms with Gasteiger partial charge >= 0.3 is 0 Å². The Labute approximate surface area is 140 Å². The molecule has 0 saturated heterocycles. The van der Waals surface area contributed by atoms with Gasteiger partial charge in [-0.2, -0.15) is 0 Å². The maximum atomic E-state index is 12.7. The van der Waals surface area contributed by atoms with Gasteiger partial charge in [-0.15, -0.1) is 0 Å². The van der Waals surface area contributed by atoms with Crippen molar-refractivity contribution in [2.24, 2.45) is 10.9 Å². The summed E-state index contributed by atoms with van der Waals surface area (Å²) >= 11 is 0. The molecular formula is C18H19N3O3. The number of aryl methyl sites for hydroxylation is 1. The number of amidine groups is 1. The third-order valence-corrected chi connectivity index (χ3v) is 4.40. The minimum absolute atomic E-state index is 0.0182. The summed E-state index contributed by atoms with van der Waals surface area (Å²) < 4.78 is 5.20. The van der Waals surface area contributed by atoms with Crippen molar-refractivity contribution >= 4 is 17.5 Å². The normalized spacial score (nSPS) is 20.2. The Balaban J connectivity index is 2.10. The second kappa shape index (κ2) is 5.70. The van der Waals surface area contributed by atoms with Gasteiger partial charge in [0, 0.05) is 6.20 Å². The number of pyridine rings is 1. The van der Waals surface area contributed by atoms with Crippen LogP contribution in [0.4, 0.5) is 0 Å². The number of aliphatic imine (C=N–C) groups is 1. The lowest BCUT2D eigenvalue weighted by molar-refractivity contribution is -0.124. The number of hydrogen-bond acceptors (Lipinski definition) is 5. The second-order valence-corrected chi connectivity index (χ2v) is 6.43. The molecule has 124 valence electrons. The molecule has 6 heteroatoms. The molecule has 3 heterocycles. The van der Waals surface area contributed by atoms with Gasteiger partial charge in [-0.05, 0) is 43.5 Å². The summed E-state index contributed by atoms with van der Waals surface area (Å²) in [6, 6.07) is 4.98. The number of aromatic nitrogens is 1. The molecule has 0 aliphatic carbocycles. The fourth-order valence-electron chi connectivity index (χ4n) is 2.52. The van der Waals surface area contributed by atoms with Crippen LogP contribution in [0.25, 0.3) is 0 Å². The Morgan fingerprint density at radius 1 is 1.38 bits per heavy atom. The topological polar surface area (TPSA) is 84.6 Å². The predicted molar refractivity (Wildman–Crippen MR) is 89.0 cm³/mol. The minimum Gasteiger partial charge on any atom is -0.461 e. The molecule has 2 aromatic heterocycles. The zero-order valence-electron chi connectivity index (χ0n) is 14.1. The van der Waals surface area contributed by atoms with Crippen molar-refractivity contribution in [3.63, 3.8) is 0 Å². The molecule has 0 spiro atoms. The van der Waals surface area contributed by atoms with Crippen LogP contribution in [0, 0.1) is 12.8 Å². The molecule has 1 unspecified atom stereocenters. The molecule has 1 N–H and O–H groups in total. The summed E-state index contributed by atoms with van der Waals surface area (Å²) in [5.41, 5.74) is 0.689. The van der Waals surface area contributed by atoms with Crippen molar-refractivity contribution in [2.45, 2.75) is 33.2 Å². The summed E-state index contributed by atoms with van der Waals surface area (Å²) in [6.45, 7) is 7.50. The van der Waals surface area contributed by atoms with E-state index in [1.165, 1.54) is 6.26 Å². The van der Waals surface area contributed by atoms with Gasteiger partial charge in [0.1, 0.15) is 11.2 Å². The summed E-state index contributed by atoms with van der Waals surface area (Å²) in [5, 5.41) is 2.77. The van der Waals surface area contributed by atoms with Gasteiger partial charge in [0.2, 0.25) is 5.78 Å². The van der Waals surface area contributed by atoms with Crippen LogP contribution >= 0.6 is 0 Å². The van der Waals surface area contributed by atoms with Crippen molar-refractivity contribution in [1.29, 1.82) is 0 Å². The number of carbonyl (C=O) groups is 2. The van der Waals surface area contributed by atoms with E-state index >= 15 is 0 Å². The predicted octanol–water partition coefficient (Wildman–Crippen LogP) is 2.51. The first-order valence-corrected chi connectivity index (χ1v) is 7.79. The number of ketones is 1. The lowest BCUT2D eigenvalue weighted by Crippen LogP contribution is -2.41. The van der Waals surface area contributed by atoms with Crippen LogP contribution in [0.15, 0.2) is 40.1 Å². The van der Waals surface area contributed by atoms with Gasteiger partial charge in [-0.3, -0.25) is 14.6 Å². The van der Waals surface area contributed by atoms with Crippen LogP contribution in [-0.4, -0.2) is 28.0 Å². The first-order chi connectivity index (χ1) is 11.3. The largest absolute Gasteiger partial charge is 0.461 e. The molecule has 0 saturated carbocycles. The first-order valence-electron chi connectivity index (χ1n) is 7.79. The summed E-state index contributed by atoms with van der Waals surface area (Å²) in [6.07, 6.45) is 3.09. The Morgan fingerprint density at radius 2 is 2.12 bits per heavy atom. The highest BCUT2D eigenvalue weighted by atomic mass is 16.3. The van der Waals surface area contributed by atoms with Gasteiger partial charge in [0.15, 0.2) is 11.6 Å². The minimum atomic E-state index is -0.868. The zero-order chi connectivity index (χ0) is 17.5. The van der Waals surface area contributed by atoms with E-state index in [2.05, 4.69) is 15.3 Å². The van der Waals surface area contributed by atoms with Crippen LogP contribution in [0.3, 0.4) is 0 Å². The number of hydrogen-bond donors (Lipinski definition) is 1. The average Bonchev–Trinajstić information content (AvgIpc) is 3.16. The van der Waals surface area contributed by atoms with Crippen molar-refractivity contribution < 1.29 is 14.0 Å². The van der Waals surface area contributed by atoms with Crippen molar-refractivity contribution in [1.82, 2.24) is 10.3 Å². The Hall–Kier alpha value is -2.76. The van der Waals surface area contributed by atoms with Gasteiger partial charge < -0.3 is 9.73 Å². The molecule has 1 amide bonds. The van der Waals surface area contributed by atoms with Gasteiger partial charge in [-0.25, -0.2) is 4.99 Å². The SMILES string of the molecule is Cc1cnc(C2=NC(C)(C(C)C)C(=O)N2)c(C(=O)c2ccco2)c1. The number of furan rings is 1. The molecule has 1 aliphatic heterocycles. The number of carbonyl (C=O) groups excluding carboxylic acids is 2. The molecule has 3 rings (SSSR count). The monoisotopic (exact) mass is 325 g/mol. The first kappa shape index (κ1) is 16.1. The number of nitrogens with zero attached hydrogens (tertiary/aromatic N) is 2. The quantitative estimate of drug-likeness (QED) is 0.875. The third-order valence-electron chi connectivity index (χ3n) is 4.40. The van der Waals surface area contributed by atoms with E-state index in [-0.39, 0.29) is 23.4 Å². The maximum Gasteiger partial charge on any atom is 0.253 e. The van der Waals surface area contributed by atoms with Crippen LogP contribution in [0.5, 0.6) is 0 Å². The average molecular weight is 325 g/mol. The lowest BCUT2D eigenvalue weighted by Gasteiger charge is -2.21. The Kier molecular flexibility index (Phi) is 3.83. The molecule has 1 atom stereocenters. The molecule has 0 radical (unpaired) electrons. The highest BCUT2D eigenvalue weighted by molar-refractivity contribution is 6.20. The van der Waals surface area contributed by atoms with E-state index in [9.17, 15) is 9.59 Å². The van der Waals surface area contributed by atoms with Gasteiger partial charge in [-0.1, -0.05) is 13.8 Å². The lowest BCUT2D eigenvalue weighted by atomic mass is 9.89. The van der Waals surface area contributed by atoms with Crippen LogP contribution in [0.1, 0.15) is 48.1 Å². The highest BCUT2D eigenvalue weighted by Gasteiger charge is 2.43. The molecule has 2 aromatic rings. The number of rotatable bonds is 4. The third kappa shape index (κ3) is 2.54. The molecule has 0 bridgehead atoms. The number of amides is 1. The van der Waals surface area contributed by atoms with Crippen molar-refractivity contribution in [3.05, 3.63) is 53.2 Å². The van der Waals surface area contributed by atoms with E-state index in [0.717, 1.165) is 5.56 Å². The zero-order valence-corrected chi connectivity index (χ0v) is 14.1. The highest BCUT2D eigenvalue weighted by Crippen LogP contribution is 2.27. The van der Waals surface area contributed by atoms with Gasteiger partial charge in [0.25, 0.3) is 5.91 Å². The Morgan fingerprint density at radius 3 is 2.71 bits per heavy atom. The summed E-state index contributed by atoms with van der Waals surface area (Å²) in [5.74, 6) is 0.0866. The molecular weight excluding hydrogens is 306 g/mol. The van der Waals surface area contributed by atoms with E-state index in [1.807, 2.05) is 20.8 Å². The van der Waals surface area contributed by atoms with Crippen LogP contribution in [0.2, 0.25) is 0 Å². The fourth-order valence-corrected chi connectivity index (χ4v) is 2.52. The molecule has 6 nitrogen and oxygen atoms in total. The van der Waals surface area contributed by atoms with E-state index in [1.54, 1.807) is 31.3 Å². The fraction of sp³-hybridized carbons (Fsp3) is 0.333. The van der Waals surface area contributed by atoms with Crippen molar-refractivity contribution in [2.75, 3.05) is 0 Å². The smallest absolute Gasteiger partial charge is 0.253 e. The van der Waals surface area contributed by atoms with Crippen LogP contribution in [-0.2, 0) is 4.79 Å². The standard InChI is InChI=1S/C18H19N3O3/c1-10(2)18(4)17(23)20-16(21-18)14-12(8-11(3)9-19-14)15(22)13-6-5-7-24-13/h5-10H,1-4H3,(H,20,21,23). The molecule has 0 aromatic carbocycles. The molecule has 1 aliphatic rings. The summed E-state index contributed by atoms with van der Waals surface area (Å²) in [7, 11) is 0. The maximum absolute atomic E-state index is 12.7. The number of nitrogens with one attached hydrogen (secondary N) is 1. The molecule has 24 heavy (non-hydrogen) atoms. The van der Waals surface area contributed by atoms with E-state index < -0.39 is 5.54 Å². The van der Waals surface area contributed by atoms with E-state index in [4.69, 9.17) is 4.42 Å². The molecule has 0 fully saturated rings. The van der Waals surface area contributed by atoms with E-state index in [0.29, 0.717) is 17.1 Å². The van der Waals surface area contributed by atoms with Gasteiger partial charge in [0.05, 0.1) is 11.8 Å². The summed E-state index contributed by atoms with van der Waals surface area (Å²) in [4.78, 5) is 33.9. The second-order valence-electron chi connectivity index (χ2n) is 6.43. The van der Waals surface area contributed by atoms with Crippen LogP contribution < -0.4 is 5.32 Å². The van der Waals surface area contributed by atoms with Crippen molar-refractivity contribution in [3.8, 4) is 0 Å². The Bertz CT molecular complexity index is 837.